The van der Waals surface area contributed by atoms with Crippen LogP contribution in [0, 0.1) is 0 Å². The summed E-state index contributed by atoms with van der Waals surface area (Å²) in [4.78, 5) is 6.46. The number of fused-ring (bicyclic) bond motifs is 4. The summed E-state index contributed by atoms with van der Waals surface area (Å²) in [6.45, 7) is 1.16. The zero-order valence-corrected chi connectivity index (χ0v) is 18.9. The van der Waals surface area contributed by atoms with E-state index in [0.717, 1.165) is 11.3 Å². The Morgan fingerprint density at radius 3 is 1.97 bits per heavy atom. The van der Waals surface area contributed by atoms with Gasteiger partial charge < -0.3 is 0 Å². The molecule has 0 saturated carbocycles. The van der Waals surface area contributed by atoms with E-state index in [0.29, 0.717) is 13.2 Å². The smallest absolute Gasteiger partial charge is 0.0999 e. The Hall–Kier alpha value is -4.14. The van der Waals surface area contributed by atoms with Crippen LogP contribution in [0.4, 0.5) is 5.69 Å². The highest BCUT2D eigenvalue weighted by Crippen LogP contribution is 2.31. The molecule has 0 unspecified atom stereocenters. The van der Waals surface area contributed by atoms with Crippen molar-refractivity contribution in [3.05, 3.63) is 139 Å². The van der Waals surface area contributed by atoms with E-state index in [-0.39, 0.29) is 0 Å². The van der Waals surface area contributed by atoms with Gasteiger partial charge in [0.25, 0.3) is 0 Å². The van der Waals surface area contributed by atoms with Crippen molar-refractivity contribution in [3.63, 3.8) is 0 Å². The van der Waals surface area contributed by atoms with Gasteiger partial charge in [-0.1, -0.05) is 109 Å². The second-order valence-electron chi connectivity index (χ2n) is 8.63. The monoisotopic (exact) mass is 439 g/mol. The summed E-state index contributed by atoms with van der Waals surface area (Å²) in [7, 11) is 0. The van der Waals surface area contributed by atoms with Gasteiger partial charge in [0, 0.05) is 0 Å². The molecule has 0 bridgehead atoms. The third kappa shape index (κ3) is 4.00. The number of nitrogens with zero attached hydrogens (tertiary/aromatic N) is 1. The summed E-state index contributed by atoms with van der Waals surface area (Å²) in [6.07, 6.45) is 0. The summed E-state index contributed by atoms with van der Waals surface area (Å²) < 4.78 is 0. The first-order valence-corrected chi connectivity index (χ1v) is 11.7. The van der Waals surface area contributed by atoms with Crippen LogP contribution >= 0.6 is 0 Å². The Morgan fingerprint density at radius 1 is 0.500 bits per heavy atom. The van der Waals surface area contributed by atoms with Crippen LogP contribution in [-0.2, 0) is 18.0 Å². The molecule has 0 aliphatic carbocycles. The molecule has 0 amide bonds. The Kier molecular flexibility index (Phi) is 5.42. The molecule has 0 saturated heterocycles. The van der Waals surface area contributed by atoms with Crippen LogP contribution in [0.25, 0.3) is 32.3 Å². The molecule has 2 nitrogen and oxygen atoms in total. The maximum absolute atomic E-state index is 6.46. The highest BCUT2D eigenvalue weighted by atomic mass is 16.7. The average Bonchev–Trinajstić information content (AvgIpc) is 2.91. The number of hydrogen-bond acceptors (Lipinski definition) is 2. The minimum Gasteiger partial charge on any atom is -0.268 e. The fourth-order valence-electron chi connectivity index (χ4n) is 4.69. The molecule has 0 aliphatic rings. The van der Waals surface area contributed by atoms with Crippen molar-refractivity contribution in [2.75, 3.05) is 5.06 Å². The quantitative estimate of drug-likeness (QED) is 0.191. The normalized spacial score (nSPS) is 11.3. The standard InChI is InChI=1S/C32H25NO/c1-2-10-24(11-3-1)23-34-33(29-19-18-25-12-4-5-13-26(25)21-29)22-28-20-27-14-6-7-15-30(27)32-17-9-8-16-31(28)32/h1-21H,22-23H2. The summed E-state index contributed by atoms with van der Waals surface area (Å²) in [5.74, 6) is 0. The van der Waals surface area contributed by atoms with Crippen LogP contribution < -0.4 is 5.06 Å². The van der Waals surface area contributed by atoms with Gasteiger partial charge >= 0.3 is 0 Å². The fourth-order valence-corrected chi connectivity index (χ4v) is 4.69. The number of benzene rings is 6. The van der Waals surface area contributed by atoms with Gasteiger partial charge in [-0.15, -0.1) is 0 Å². The molecule has 0 atom stereocenters. The lowest BCUT2D eigenvalue weighted by Crippen LogP contribution is -2.23. The maximum atomic E-state index is 6.46. The highest BCUT2D eigenvalue weighted by molar-refractivity contribution is 6.09. The Labute approximate surface area is 199 Å². The number of rotatable bonds is 6. The van der Waals surface area contributed by atoms with E-state index in [4.69, 9.17) is 4.84 Å². The minimum absolute atomic E-state index is 0.513. The molecular weight excluding hydrogens is 414 g/mol. The van der Waals surface area contributed by atoms with Crippen LogP contribution in [0.3, 0.4) is 0 Å². The summed E-state index contributed by atoms with van der Waals surface area (Å²) in [5, 5.41) is 9.53. The van der Waals surface area contributed by atoms with Gasteiger partial charge in [-0.3, -0.25) is 4.84 Å². The average molecular weight is 440 g/mol. The second kappa shape index (κ2) is 9.01. The SMILES string of the molecule is c1ccc(CON(Cc2cc3ccccc3c3ccccc23)c2ccc3ccccc3c2)cc1. The van der Waals surface area contributed by atoms with Gasteiger partial charge in [0.2, 0.25) is 0 Å². The Morgan fingerprint density at radius 2 is 1.15 bits per heavy atom. The van der Waals surface area contributed by atoms with Gasteiger partial charge in [0.1, 0.15) is 0 Å². The van der Waals surface area contributed by atoms with E-state index in [2.05, 4.69) is 121 Å². The highest BCUT2D eigenvalue weighted by Gasteiger charge is 2.14. The molecule has 2 heteroatoms. The van der Waals surface area contributed by atoms with Gasteiger partial charge in [-0.05, 0) is 61.6 Å². The van der Waals surface area contributed by atoms with Crippen LogP contribution in [0.1, 0.15) is 11.1 Å². The van der Waals surface area contributed by atoms with Crippen LogP contribution in [0.15, 0.2) is 127 Å². The lowest BCUT2D eigenvalue weighted by atomic mass is 9.97. The predicted octanol–water partition coefficient (Wildman–Crippen LogP) is 8.28. The van der Waals surface area contributed by atoms with Crippen molar-refractivity contribution in [3.8, 4) is 0 Å². The fraction of sp³-hybridized carbons (Fsp3) is 0.0625. The molecule has 0 radical (unpaired) electrons. The Balaban J connectivity index is 1.44. The largest absolute Gasteiger partial charge is 0.268 e. The number of anilines is 1. The number of hydrogen-bond donors (Lipinski definition) is 0. The lowest BCUT2D eigenvalue weighted by molar-refractivity contribution is 0.0911. The zero-order chi connectivity index (χ0) is 22.7. The second-order valence-corrected chi connectivity index (χ2v) is 8.63. The maximum Gasteiger partial charge on any atom is 0.0999 e. The third-order valence-corrected chi connectivity index (χ3v) is 6.42. The van der Waals surface area contributed by atoms with E-state index >= 15 is 0 Å². The topological polar surface area (TPSA) is 12.5 Å². The molecule has 0 aromatic heterocycles. The van der Waals surface area contributed by atoms with Crippen molar-refractivity contribution >= 4 is 38.0 Å². The summed E-state index contributed by atoms with van der Waals surface area (Å²) in [5.41, 5.74) is 3.44. The lowest BCUT2D eigenvalue weighted by Gasteiger charge is -2.26. The predicted molar refractivity (Wildman–Crippen MR) is 143 cm³/mol. The van der Waals surface area contributed by atoms with Crippen LogP contribution in [0.2, 0.25) is 0 Å². The molecule has 6 aromatic carbocycles. The molecular formula is C32H25NO. The first-order valence-electron chi connectivity index (χ1n) is 11.7. The van der Waals surface area contributed by atoms with Crippen molar-refractivity contribution < 1.29 is 4.84 Å². The van der Waals surface area contributed by atoms with E-state index in [1.807, 2.05) is 11.1 Å². The zero-order valence-electron chi connectivity index (χ0n) is 18.9. The van der Waals surface area contributed by atoms with E-state index in [1.165, 1.54) is 37.9 Å². The van der Waals surface area contributed by atoms with Crippen molar-refractivity contribution in [1.82, 2.24) is 0 Å². The minimum atomic E-state index is 0.513. The van der Waals surface area contributed by atoms with Crippen molar-refractivity contribution in [2.24, 2.45) is 0 Å². The Bertz CT molecular complexity index is 1590. The molecule has 0 heterocycles. The third-order valence-electron chi connectivity index (χ3n) is 6.42. The summed E-state index contributed by atoms with van der Waals surface area (Å²) >= 11 is 0. The van der Waals surface area contributed by atoms with E-state index < -0.39 is 0 Å². The van der Waals surface area contributed by atoms with Gasteiger partial charge in [-0.2, -0.15) is 0 Å². The molecule has 34 heavy (non-hydrogen) atoms. The molecule has 0 fully saturated rings. The molecule has 6 aromatic rings. The van der Waals surface area contributed by atoms with Crippen molar-refractivity contribution in [2.45, 2.75) is 13.2 Å². The molecule has 164 valence electrons. The molecule has 0 N–H and O–H groups in total. The first-order chi connectivity index (χ1) is 16.8. The van der Waals surface area contributed by atoms with Gasteiger partial charge in [0.15, 0.2) is 0 Å². The van der Waals surface area contributed by atoms with Crippen LogP contribution in [-0.4, -0.2) is 0 Å². The van der Waals surface area contributed by atoms with Crippen LogP contribution in [0.5, 0.6) is 0 Å². The number of hydroxylamine groups is 1. The first kappa shape index (κ1) is 20.5. The molecule has 6 rings (SSSR count). The van der Waals surface area contributed by atoms with Gasteiger partial charge in [-0.25, -0.2) is 5.06 Å². The molecule has 0 aliphatic heterocycles. The van der Waals surface area contributed by atoms with E-state index in [9.17, 15) is 0 Å². The van der Waals surface area contributed by atoms with Crippen molar-refractivity contribution in [1.29, 1.82) is 0 Å². The summed E-state index contributed by atoms with van der Waals surface area (Å²) in [6, 6.07) is 44.9. The van der Waals surface area contributed by atoms with E-state index in [1.54, 1.807) is 0 Å². The molecule has 0 spiro atoms. The van der Waals surface area contributed by atoms with Gasteiger partial charge in [0.05, 0.1) is 18.8 Å².